The average molecular weight is 328 g/mol. The molecule has 0 aliphatic heterocycles. The number of hydrogen-bond acceptors (Lipinski definition) is 4. The van der Waals surface area contributed by atoms with Gasteiger partial charge in [-0.3, -0.25) is 10.1 Å². The summed E-state index contributed by atoms with van der Waals surface area (Å²) in [5, 5.41) is 4.87. The first-order chi connectivity index (χ1) is 11.6. The molecule has 24 heavy (non-hydrogen) atoms. The summed E-state index contributed by atoms with van der Waals surface area (Å²) in [6.07, 6.45) is -0.805. The second kappa shape index (κ2) is 8.57. The van der Waals surface area contributed by atoms with E-state index in [0.29, 0.717) is 18.0 Å². The van der Waals surface area contributed by atoms with Gasteiger partial charge >= 0.3 is 6.03 Å². The van der Waals surface area contributed by atoms with Crippen molar-refractivity contribution in [2.45, 2.75) is 19.6 Å². The maximum absolute atomic E-state index is 12.0. The van der Waals surface area contributed by atoms with Gasteiger partial charge in [0, 0.05) is 6.54 Å². The first-order valence-electron chi connectivity index (χ1n) is 7.52. The maximum atomic E-state index is 12.0. The van der Waals surface area contributed by atoms with Gasteiger partial charge in [-0.05, 0) is 36.8 Å². The number of hydrogen-bond donors (Lipinski definition) is 2. The Labute approximate surface area is 140 Å². The first kappa shape index (κ1) is 17.3. The molecular formula is C18H20N2O4. The van der Waals surface area contributed by atoms with Crippen molar-refractivity contribution in [1.82, 2.24) is 10.6 Å². The fourth-order valence-electron chi connectivity index (χ4n) is 1.95. The molecule has 0 unspecified atom stereocenters. The van der Waals surface area contributed by atoms with E-state index in [1.807, 2.05) is 30.3 Å². The molecule has 0 aliphatic rings. The van der Waals surface area contributed by atoms with E-state index in [9.17, 15) is 9.59 Å². The van der Waals surface area contributed by atoms with Gasteiger partial charge in [0.15, 0.2) is 6.10 Å². The van der Waals surface area contributed by atoms with Crippen LogP contribution in [0.3, 0.4) is 0 Å². The molecule has 0 spiro atoms. The zero-order valence-electron chi connectivity index (χ0n) is 13.6. The number of carbonyl (C=O) groups is 2. The van der Waals surface area contributed by atoms with Crippen molar-refractivity contribution in [2.75, 3.05) is 7.11 Å². The molecule has 6 heteroatoms. The molecule has 2 rings (SSSR count). The van der Waals surface area contributed by atoms with Crippen LogP contribution in [-0.2, 0) is 11.3 Å². The van der Waals surface area contributed by atoms with Gasteiger partial charge in [-0.25, -0.2) is 4.79 Å². The number of ether oxygens (including phenoxy) is 2. The monoisotopic (exact) mass is 328 g/mol. The summed E-state index contributed by atoms with van der Waals surface area (Å²) in [4.78, 5) is 23.7. The van der Waals surface area contributed by atoms with Crippen LogP contribution in [0.4, 0.5) is 4.79 Å². The van der Waals surface area contributed by atoms with Crippen LogP contribution in [0.25, 0.3) is 0 Å². The zero-order chi connectivity index (χ0) is 17.4. The van der Waals surface area contributed by atoms with Crippen molar-refractivity contribution in [2.24, 2.45) is 0 Å². The Morgan fingerprint density at radius 2 is 1.62 bits per heavy atom. The molecule has 2 aromatic carbocycles. The fraction of sp³-hybridized carbons (Fsp3) is 0.222. The number of imide groups is 1. The van der Waals surface area contributed by atoms with E-state index in [1.54, 1.807) is 38.3 Å². The third-order valence-electron chi connectivity index (χ3n) is 3.27. The molecule has 6 nitrogen and oxygen atoms in total. The molecule has 2 N–H and O–H groups in total. The van der Waals surface area contributed by atoms with Crippen molar-refractivity contribution >= 4 is 11.9 Å². The second-order valence-corrected chi connectivity index (χ2v) is 5.09. The molecule has 0 heterocycles. The van der Waals surface area contributed by atoms with E-state index in [-0.39, 0.29) is 0 Å². The zero-order valence-corrected chi connectivity index (χ0v) is 13.6. The molecule has 0 saturated carbocycles. The van der Waals surface area contributed by atoms with Crippen LogP contribution in [0.1, 0.15) is 12.5 Å². The minimum absolute atomic E-state index is 0.341. The standard InChI is InChI=1S/C18H20N2O4/c1-13(24-16-10-8-15(23-2)9-11-16)17(21)20-18(22)19-12-14-6-4-3-5-7-14/h3-11,13H,12H2,1-2H3,(H2,19,20,21,22)/t13-/m1/s1. The molecule has 2 aromatic rings. The smallest absolute Gasteiger partial charge is 0.321 e. The largest absolute Gasteiger partial charge is 0.497 e. The Balaban J connectivity index is 1.78. The summed E-state index contributed by atoms with van der Waals surface area (Å²) in [5.74, 6) is 0.694. The van der Waals surface area contributed by atoms with E-state index >= 15 is 0 Å². The van der Waals surface area contributed by atoms with E-state index < -0.39 is 18.0 Å². The summed E-state index contributed by atoms with van der Waals surface area (Å²) >= 11 is 0. The third-order valence-corrected chi connectivity index (χ3v) is 3.27. The summed E-state index contributed by atoms with van der Waals surface area (Å²) in [5.41, 5.74) is 0.947. The van der Waals surface area contributed by atoms with Gasteiger partial charge < -0.3 is 14.8 Å². The Hall–Kier alpha value is -3.02. The number of benzene rings is 2. The Morgan fingerprint density at radius 1 is 1.00 bits per heavy atom. The highest BCUT2D eigenvalue weighted by Crippen LogP contribution is 2.18. The summed E-state index contributed by atoms with van der Waals surface area (Å²) in [6.45, 7) is 1.91. The van der Waals surface area contributed by atoms with Crippen LogP contribution in [0.2, 0.25) is 0 Å². The molecule has 3 amide bonds. The summed E-state index contributed by atoms with van der Waals surface area (Å²) in [6, 6.07) is 15.7. The lowest BCUT2D eigenvalue weighted by Crippen LogP contribution is -2.44. The number of rotatable bonds is 6. The lowest BCUT2D eigenvalue weighted by atomic mass is 10.2. The average Bonchev–Trinajstić information content (AvgIpc) is 2.61. The SMILES string of the molecule is COc1ccc(O[C@H](C)C(=O)NC(=O)NCc2ccccc2)cc1. The topological polar surface area (TPSA) is 76.7 Å². The Kier molecular flexibility index (Phi) is 6.19. The van der Waals surface area contributed by atoms with Gasteiger partial charge in [0.1, 0.15) is 11.5 Å². The first-order valence-corrected chi connectivity index (χ1v) is 7.52. The third kappa shape index (κ3) is 5.31. The minimum atomic E-state index is -0.805. The molecule has 0 aromatic heterocycles. The van der Waals surface area contributed by atoms with Crippen LogP contribution in [0.15, 0.2) is 54.6 Å². The Bertz CT molecular complexity index is 671. The minimum Gasteiger partial charge on any atom is -0.497 e. The molecule has 1 atom stereocenters. The van der Waals surface area contributed by atoms with Crippen LogP contribution < -0.4 is 20.1 Å². The predicted molar refractivity (Wildman–Crippen MR) is 89.9 cm³/mol. The lowest BCUT2D eigenvalue weighted by Gasteiger charge is -2.14. The van der Waals surface area contributed by atoms with Gasteiger partial charge in [-0.2, -0.15) is 0 Å². The lowest BCUT2D eigenvalue weighted by molar-refractivity contribution is -0.126. The van der Waals surface area contributed by atoms with Crippen molar-refractivity contribution in [3.63, 3.8) is 0 Å². The molecule has 0 bridgehead atoms. The van der Waals surface area contributed by atoms with Crippen molar-refractivity contribution in [3.8, 4) is 11.5 Å². The van der Waals surface area contributed by atoms with E-state index in [4.69, 9.17) is 9.47 Å². The molecular weight excluding hydrogens is 308 g/mol. The molecule has 0 fully saturated rings. The van der Waals surface area contributed by atoms with Gasteiger partial charge in [0.25, 0.3) is 5.91 Å². The van der Waals surface area contributed by atoms with Crippen molar-refractivity contribution in [3.05, 3.63) is 60.2 Å². The normalized spacial score (nSPS) is 11.2. The van der Waals surface area contributed by atoms with E-state index in [1.165, 1.54) is 0 Å². The quantitative estimate of drug-likeness (QED) is 0.854. The highest BCUT2D eigenvalue weighted by molar-refractivity contribution is 5.96. The molecule has 0 aliphatic carbocycles. The summed E-state index contributed by atoms with van der Waals surface area (Å²) < 4.78 is 10.5. The highest BCUT2D eigenvalue weighted by atomic mass is 16.5. The molecule has 0 saturated heterocycles. The van der Waals surface area contributed by atoms with Crippen LogP contribution in [0.5, 0.6) is 11.5 Å². The van der Waals surface area contributed by atoms with Crippen molar-refractivity contribution in [1.29, 1.82) is 0 Å². The van der Waals surface area contributed by atoms with E-state index in [2.05, 4.69) is 10.6 Å². The number of methoxy groups -OCH3 is 1. The number of urea groups is 1. The van der Waals surface area contributed by atoms with Crippen LogP contribution in [0, 0.1) is 0 Å². The predicted octanol–water partition coefficient (Wildman–Crippen LogP) is 2.49. The van der Waals surface area contributed by atoms with E-state index in [0.717, 1.165) is 5.56 Å². The fourth-order valence-corrected chi connectivity index (χ4v) is 1.95. The van der Waals surface area contributed by atoms with Gasteiger partial charge in [-0.1, -0.05) is 30.3 Å². The number of amides is 3. The molecule has 0 radical (unpaired) electrons. The van der Waals surface area contributed by atoms with Crippen LogP contribution >= 0.6 is 0 Å². The van der Waals surface area contributed by atoms with Crippen LogP contribution in [-0.4, -0.2) is 25.2 Å². The summed E-state index contributed by atoms with van der Waals surface area (Å²) in [7, 11) is 1.57. The van der Waals surface area contributed by atoms with Gasteiger partial charge in [0.05, 0.1) is 7.11 Å². The molecule has 126 valence electrons. The number of nitrogens with one attached hydrogen (secondary N) is 2. The highest BCUT2D eigenvalue weighted by Gasteiger charge is 2.17. The maximum Gasteiger partial charge on any atom is 0.321 e. The number of carbonyl (C=O) groups excluding carboxylic acids is 2. The Morgan fingerprint density at radius 3 is 2.25 bits per heavy atom. The van der Waals surface area contributed by atoms with Gasteiger partial charge in [0.2, 0.25) is 0 Å². The second-order valence-electron chi connectivity index (χ2n) is 5.09. The van der Waals surface area contributed by atoms with Crippen molar-refractivity contribution < 1.29 is 19.1 Å². The van der Waals surface area contributed by atoms with Gasteiger partial charge in [-0.15, -0.1) is 0 Å².